The zero-order chi connectivity index (χ0) is 29.1. The second-order valence-corrected chi connectivity index (χ2v) is 13.6. The van der Waals surface area contributed by atoms with E-state index in [2.05, 4.69) is 27.2 Å². The lowest BCUT2D eigenvalue weighted by Gasteiger charge is -2.36. The van der Waals surface area contributed by atoms with Gasteiger partial charge < -0.3 is 15.2 Å². The van der Waals surface area contributed by atoms with Crippen molar-refractivity contribution in [2.45, 2.75) is 69.8 Å². The zero-order valence-corrected chi connectivity index (χ0v) is 24.7. The highest BCUT2D eigenvalue weighted by molar-refractivity contribution is 7.90. The topological polar surface area (TPSA) is 131 Å². The summed E-state index contributed by atoms with van der Waals surface area (Å²) in [5.74, 6) is -0.676. The third-order valence-electron chi connectivity index (χ3n) is 7.23. The first-order valence-electron chi connectivity index (χ1n) is 13.4. The second kappa shape index (κ2) is 12.3. The molecule has 2 N–H and O–H groups in total. The number of aromatic nitrogens is 3. The lowest BCUT2D eigenvalue weighted by molar-refractivity contribution is -0.151. The van der Waals surface area contributed by atoms with Crippen molar-refractivity contribution in [2.24, 2.45) is 11.8 Å². The predicted octanol–water partition coefficient (Wildman–Crippen LogP) is 5.55. The number of sulfone groups is 1. The van der Waals surface area contributed by atoms with E-state index in [1.54, 1.807) is 19.2 Å². The van der Waals surface area contributed by atoms with Gasteiger partial charge in [0.05, 0.1) is 29.3 Å². The van der Waals surface area contributed by atoms with Crippen LogP contribution < -0.4 is 5.32 Å². The Morgan fingerprint density at radius 3 is 2.58 bits per heavy atom. The summed E-state index contributed by atoms with van der Waals surface area (Å²) < 4.78 is 43.1. The number of thiazole rings is 1. The van der Waals surface area contributed by atoms with Gasteiger partial charge >= 0.3 is 5.97 Å². The number of halogens is 1. The fourth-order valence-electron chi connectivity index (χ4n) is 4.89. The zero-order valence-electron chi connectivity index (χ0n) is 23.1. The van der Waals surface area contributed by atoms with Crippen LogP contribution in [0.25, 0.3) is 10.6 Å². The van der Waals surface area contributed by atoms with E-state index >= 15 is 0 Å². The highest BCUT2D eigenvalue weighted by Gasteiger charge is 2.40. The first-order chi connectivity index (χ1) is 18.9. The largest absolute Gasteiger partial charge is 0.465 e. The molecule has 9 nitrogen and oxygen atoms in total. The molecule has 1 aliphatic rings. The fraction of sp³-hybridized carbons (Fsp3) is 0.500. The maximum absolute atomic E-state index is 14.0. The molecule has 40 heavy (non-hydrogen) atoms. The van der Waals surface area contributed by atoms with Gasteiger partial charge in [-0.1, -0.05) is 13.3 Å². The number of nitrogens with one attached hydrogen (secondary N) is 1. The number of carbonyl (C=O) groups excluding carboxylic acids is 1. The number of hydrogen-bond donors (Lipinski definition) is 2. The molecular formula is C28H35FN4O5S2. The van der Waals surface area contributed by atoms with Gasteiger partial charge in [0.2, 0.25) is 0 Å². The van der Waals surface area contributed by atoms with Gasteiger partial charge in [0.15, 0.2) is 15.7 Å². The number of anilines is 2. The predicted molar refractivity (Wildman–Crippen MR) is 152 cm³/mol. The van der Waals surface area contributed by atoms with Gasteiger partial charge in [0.1, 0.15) is 27.1 Å². The summed E-state index contributed by atoms with van der Waals surface area (Å²) in [7, 11) is -3.77. The highest BCUT2D eigenvalue weighted by atomic mass is 32.2. The first kappa shape index (κ1) is 30.0. The molecule has 1 saturated carbocycles. The number of rotatable bonds is 10. The van der Waals surface area contributed by atoms with Crippen LogP contribution >= 0.6 is 11.3 Å². The molecule has 1 aliphatic carbocycles. The van der Waals surface area contributed by atoms with Crippen LogP contribution in [0.1, 0.15) is 62.9 Å². The molecule has 0 aromatic carbocycles. The molecule has 3 heterocycles. The van der Waals surface area contributed by atoms with E-state index in [0.29, 0.717) is 48.8 Å². The summed E-state index contributed by atoms with van der Waals surface area (Å²) in [4.78, 5) is 25.7. The molecule has 3 aromatic heterocycles. The molecule has 1 unspecified atom stereocenters. The standard InChI is InChI=1S/C28H35FN4O5S2/c1-5-6-11-38-26(34)18-7-9-19(10-8-18)28(3,35)27-31-16-22(39-27)21-12-17(2)13-25(32-21)33-24-14-23(40(4,36)37)20(29)15-30-24/h12-16,18-19,35H,5-11H2,1-4H3,(H,30,32,33). The number of pyridine rings is 2. The number of esters is 1. The second-order valence-electron chi connectivity index (χ2n) is 10.6. The summed E-state index contributed by atoms with van der Waals surface area (Å²) in [5, 5.41) is 15.0. The van der Waals surface area contributed by atoms with Crippen molar-refractivity contribution in [3.8, 4) is 10.6 Å². The number of carbonyl (C=O) groups is 1. The van der Waals surface area contributed by atoms with E-state index in [4.69, 9.17) is 4.74 Å². The third kappa shape index (κ3) is 7.02. The molecule has 3 aromatic rings. The van der Waals surface area contributed by atoms with E-state index in [0.717, 1.165) is 41.8 Å². The van der Waals surface area contributed by atoms with Gasteiger partial charge in [-0.05, 0) is 69.6 Å². The number of unbranched alkanes of at least 4 members (excludes halogenated alkanes) is 1. The minimum atomic E-state index is -3.77. The molecule has 0 saturated heterocycles. The first-order valence-corrected chi connectivity index (χ1v) is 16.1. The van der Waals surface area contributed by atoms with E-state index in [9.17, 15) is 22.7 Å². The Bertz CT molecular complexity index is 1470. The van der Waals surface area contributed by atoms with Gasteiger partial charge in [0.25, 0.3) is 0 Å². The van der Waals surface area contributed by atoms with Gasteiger partial charge in [-0.3, -0.25) is 4.79 Å². The molecule has 4 rings (SSSR count). The minimum absolute atomic E-state index is 0.0394. The fourth-order valence-corrected chi connectivity index (χ4v) is 6.62. The SMILES string of the molecule is CCCCOC(=O)C1CCC(C(C)(O)c2ncc(-c3cc(C)cc(Nc4cc(S(C)(=O)=O)c(F)cn4)n3)s2)CC1. The molecule has 0 bridgehead atoms. The molecule has 0 aliphatic heterocycles. The Morgan fingerprint density at radius 2 is 1.90 bits per heavy atom. The lowest BCUT2D eigenvalue weighted by atomic mass is 9.74. The van der Waals surface area contributed by atoms with Crippen LogP contribution in [0.2, 0.25) is 0 Å². The average molecular weight is 591 g/mol. The summed E-state index contributed by atoms with van der Waals surface area (Å²) in [6, 6.07) is 4.78. The van der Waals surface area contributed by atoms with Crippen LogP contribution in [-0.4, -0.2) is 47.3 Å². The van der Waals surface area contributed by atoms with Crippen molar-refractivity contribution >= 4 is 38.8 Å². The van der Waals surface area contributed by atoms with Crippen LogP contribution in [0.4, 0.5) is 16.0 Å². The summed E-state index contributed by atoms with van der Waals surface area (Å²) in [5.41, 5.74) is 0.333. The number of hydrogen-bond acceptors (Lipinski definition) is 10. The maximum Gasteiger partial charge on any atom is 0.308 e. The number of aliphatic hydroxyl groups is 1. The lowest BCUT2D eigenvalue weighted by Crippen LogP contribution is -2.36. The Labute approximate surface area is 238 Å². The van der Waals surface area contributed by atoms with Crippen LogP contribution in [-0.2, 0) is 25.0 Å². The number of aryl methyl sites for hydroxylation is 1. The molecular weight excluding hydrogens is 555 g/mol. The molecule has 0 radical (unpaired) electrons. The van der Waals surface area contributed by atoms with Gasteiger partial charge in [0, 0.05) is 18.5 Å². The Hall–Kier alpha value is -2.96. The summed E-state index contributed by atoms with van der Waals surface area (Å²) in [6.07, 6.45) is 8.06. The van der Waals surface area contributed by atoms with Crippen molar-refractivity contribution in [1.29, 1.82) is 0 Å². The van der Waals surface area contributed by atoms with E-state index in [1.807, 2.05) is 13.0 Å². The van der Waals surface area contributed by atoms with Gasteiger partial charge in [-0.15, -0.1) is 11.3 Å². The van der Waals surface area contributed by atoms with Crippen LogP contribution in [0, 0.1) is 24.6 Å². The van der Waals surface area contributed by atoms with Crippen molar-refractivity contribution in [3.05, 3.63) is 47.0 Å². The van der Waals surface area contributed by atoms with Crippen molar-refractivity contribution < 1.29 is 27.4 Å². The van der Waals surface area contributed by atoms with E-state index in [1.165, 1.54) is 11.3 Å². The average Bonchev–Trinajstić information content (AvgIpc) is 3.41. The Kier molecular flexibility index (Phi) is 9.21. The summed E-state index contributed by atoms with van der Waals surface area (Å²) >= 11 is 1.35. The van der Waals surface area contributed by atoms with Gasteiger partial charge in [-0.25, -0.2) is 27.8 Å². The summed E-state index contributed by atoms with van der Waals surface area (Å²) in [6.45, 7) is 6.18. The molecule has 1 atom stereocenters. The minimum Gasteiger partial charge on any atom is -0.465 e. The number of nitrogens with zero attached hydrogens (tertiary/aromatic N) is 3. The normalized spacial score (nSPS) is 19.1. The maximum atomic E-state index is 14.0. The Balaban J connectivity index is 1.47. The molecule has 0 amide bonds. The number of ether oxygens (including phenoxy) is 1. The molecule has 0 spiro atoms. The van der Waals surface area contributed by atoms with Crippen LogP contribution in [0.15, 0.2) is 35.5 Å². The quantitative estimate of drug-likeness (QED) is 0.230. The monoisotopic (exact) mass is 590 g/mol. The molecule has 1 fully saturated rings. The van der Waals surface area contributed by atoms with Crippen LogP contribution in [0.5, 0.6) is 0 Å². The smallest absolute Gasteiger partial charge is 0.308 e. The van der Waals surface area contributed by atoms with E-state index in [-0.39, 0.29) is 23.6 Å². The highest BCUT2D eigenvalue weighted by Crippen LogP contribution is 2.43. The van der Waals surface area contributed by atoms with E-state index < -0.39 is 26.2 Å². The van der Waals surface area contributed by atoms with Crippen molar-refractivity contribution in [2.75, 3.05) is 18.2 Å². The van der Waals surface area contributed by atoms with Crippen molar-refractivity contribution in [1.82, 2.24) is 15.0 Å². The Morgan fingerprint density at radius 1 is 1.18 bits per heavy atom. The molecule has 216 valence electrons. The van der Waals surface area contributed by atoms with Crippen molar-refractivity contribution in [3.63, 3.8) is 0 Å². The van der Waals surface area contributed by atoms with Crippen LogP contribution in [0.3, 0.4) is 0 Å². The third-order valence-corrected chi connectivity index (χ3v) is 9.59. The molecule has 12 heteroatoms. The van der Waals surface area contributed by atoms with Gasteiger partial charge in [-0.2, -0.15) is 0 Å².